The summed E-state index contributed by atoms with van der Waals surface area (Å²) in [6.45, 7) is 2.28. The van der Waals surface area contributed by atoms with Crippen molar-refractivity contribution < 1.29 is 35.5 Å². The van der Waals surface area contributed by atoms with Crippen molar-refractivity contribution >= 4 is 15.7 Å². The molecule has 1 aromatic heterocycles. The Labute approximate surface area is 198 Å². The third kappa shape index (κ3) is 4.88. The second-order valence-corrected chi connectivity index (χ2v) is 10.3. The molecule has 1 aliphatic rings. The zero-order chi connectivity index (χ0) is 25.5. The van der Waals surface area contributed by atoms with E-state index in [-0.39, 0.29) is 40.7 Å². The summed E-state index contributed by atoms with van der Waals surface area (Å²) in [5.74, 6) is -1.82. The van der Waals surface area contributed by atoms with Crippen LogP contribution in [0.3, 0.4) is 0 Å². The normalized spacial score (nSPS) is 14.6. The van der Waals surface area contributed by atoms with Crippen LogP contribution in [0.5, 0.6) is 5.75 Å². The number of hydrogen-bond acceptors (Lipinski definition) is 5. The number of ether oxygens (including phenoxy) is 1. The highest BCUT2D eigenvalue weighted by atomic mass is 32.2. The molecule has 186 valence electrons. The highest BCUT2D eigenvalue weighted by Crippen LogP contribution is 2.32. The molecule has 0 spiro atoms. The van der Waals surface area contributed by atoms with Crippen LogP contribution in [0.4, 0.5) is 17.6 Å². The van der Waals surface area contributed by atoms with E-state index in [1.54, 1.807) is 24.4 Å². The van der Waals surface area contributed by atoms with Gasteiger partial charge in [-0.3, -0.25) is 4.79 Å². The molecule has 0 saturated heterocycles. The van der Waals surface area contributed by atoms with Gasteiger partial charge in [0, 0.05) is 18.3 Å². The third-order valence-electron chi connectivity index (χ3n) is 5.65. The van der Waals surface area contributed by atoms with Crippen LogP contribution in [0.15, 0.2) is 53.6 Å². The number of aromatic nitrogens is 2. The second-order valence-electron chi connectivity index (χ2n) is 8.02. The topological polar surface area (TPSA) is 81.5 Å². The van der Waals surface area contributed by atoms with Gasteiger partial charge in [-0.25, -0.2) is 17.5 Å². The quantitative estimate of drug-likeness (QED) is 0.462. The number of benzene rings is 2. The van der Waals surface area contributed by atoms with Crippen molar-refractivity contribution in [2.24, 2.45) is 0 Å². The smallest absolute Gasteiger partial charge is 0.425 e. The van der Waals surface area contributed by atoms with Gasteiger partial charge in [0.25, 0.3) is 5.91 Å². The fourth-order valence-corrected chi connectivity index (χ4v) is 4.53. The molecule has 1 unspecified atom stereocenters. The van der Waals surface area contributed by atoms with Gasteiger partial charge in [0.2, 0.25) is 0 Å². The molecular weight excluding hydrogens is 490 g/mol. The Bertz CT molecular complexity index is 1360. The van der Waals surface area contributed by atoms with Crippen LogP contribution in [-0.2, 0) is 22.9 Å². The summed E-state index contributed by atoms with van der Waals surface area (Å²) >= 11 is 0. The zero-order valence-electron chi connectivity index (χ0n) is 18.7. The summed E-state index contributed by atoms with van der Waals surface area (Å²) in [5.41, 5.74) is 1.05. The lowest BCUT2D eigenvalue weighted by atomic mass is 10.1. The molecule has 0 N–H and O–H groups in total. The Balaban J connectivity index is 1.64. The monoisotopic (exact) mass is 511 g/mol. The molecule has 0 fully saturated rings. The molecule has 0 bridgehead atoms. The first-order valence-electron chi connectivity index (χ1n) is 10.6. The minimum atomic E-state index is -4.69. The van der Waals surface area contributed by atoms with Gasteiger partial charge in [-0.1, -0.05) is 19.1 Å². The van der Waals surface area contributed by atoms with E-state index in [1.165, 1.54) is 22.6 Å². The Morgan fingerprint density at radius 1 is 1.17 bits per heavy atom. The average Bonchev–Trinajstić information content (AvgIpc) is 3.38. The number of rotatable bonds is 6. The standard InChI is InChI=1S/C23H21F4N3O4S/c1-3-35(32,33)16-8-9-21(34-14(2)23(25,26)27)17(10-16)22(31)29-11-15-12-30(28-19(15)13-29)20-7-5-4-6-18(20)24/h4-10,12,14H,3,11,13H2,1-2H3. The molecule has 3 aromatic rings. The molecule has 1 amide bonds. The number of amides is 1. The molecule has 1 aliphatic heterocycles. The maximum absolute atomic E-state index is 14.1. The lowest BCUT2D eigenvalue weighted by molar-refractivity contribution is -0.189. The molecule has 7 nitrogen and oxygen atoms in total. The number of hydrogen-bond donors (Lipinski definition) is 0. The molecule has 1 atom stereocenters. The lowest BCUT2D eigenvalue weighted by Crippen LogP contribution is -2.33. The van der Waals surface area contributed by atoms with E-state index in [4.69, 9.17) is 4.74 Å². The van der Waals surface area contributed by atoms with Crippen molar-refractivity contribution in [1.29, 1.82) is 0 Å². The minimum absolute atomic E-state index is 0.00857. The predicted octanol–water partition coefficient (Wildman–Crippen LogP) is 4.29. The van der Waals surface area contributed by atoms with Crippen molar-refractivity contribution in [3.05, 3.63) is 71.3 Å². The maximum Gasteiger partial charge on any atom is 0.425 e. The summed E-state index contributed by atoms with van der Waals surface area (Å²) in [5, 5.41) is 4.33. The molecule has 2 heterocycles. The largest absolute Gasteiger partial charge is 0.480 e. The van der Waals surface area contributed by atoms with E-state index in [0.717, 1.165) is 25.1 Å². The fourth-order valence-electron chi connectivity index (χ4n) is 3.62. The Morgan fingerprint density at radius 3 is 2.51 bits per heavy atom. The second kappa shape index (κ2) is 8.99. The van der Waals surface area contributed by atoms with Crippen molar-refractivity contribution in [3.8, 4) is 11.4 Å². The molecule has 35 heavy (non-hydrogen) atoms. The number of halogens is 4. The predicted molar refractivity (Wildman–Crippen MR) is 117 cm³/mol. The van der Waals surface area contributed by atoms with Crippen LogP contribution < -0.4 is 4.74 Å². The highest BCUT2D eigenvalue weighted by molar-refractivity contribution is 7.91. The molecule has 4 rings (SSSR count). The van der Waals surface area contributed by atoms with Gasteiger partial charge in [0.05, 0.1) is 28.5 Å². The highest BCUT2D eigenvalue weighted by Gasteiger charge is 2.39. The Kier molecular flexibility index (Phi) is 6.34. The zero-order valence-corrected chi connectivity index (χ0v) is 19.5. The first-order chi connectivity index (χ1) is 16.4. The third-order valence-corrected chi connectivity index (χ3v) is 7.38. The SMILES string of the molecule is CCS(=O)(=O)c1ccc(OC(C)C(F)(F)F)c(C(=O)N2Cc3cn(-c4ccccc4F)nc3C2)c1. The van der Waals surface area contributed by atoms with E-state index in [2.05, 4.69) is 5.10 Å². The Hall–Kier alpha value is -3.41. The van der Waals surface area contributed by atoms with Crippen molar-refractivity contribution in [3.63, 3.8) is 0 Å². The van der Waals surface area contributed by atoms with Crippen molar-refractivity contribution in [2.45, 2.75) is 44.1 Å². The Morgan fingerprint density at radius 2 is 1.89 bits per heavy atom. The number of carbonyl (C=O) groups is 1. The number of nitrogens with zero attached hydrogens (tertiary/aromatic N) is 3. The average molecular weight is 511 g/mol. The van der Waals surface area contributed by atoms with Gasteiger partial charge in [-0.15, -0.1) is 0 Å². The van der Waals surface area contributed by atoms with Gasteiger partial charge < -0.3 is 9.64 Å². The van der Waals surface area contributed by atoms with E-state index < -0.39 is 33.8 Å². The van der Waals surface area contributed by atoms with Gasteiger partial charge in [0.15, 0.2) is 15.9 Å². The molecule has 0 aliphatic carbocycles. The molecule has 0 saturated carbocycles. The molecule has 0 radical (unpaired) electrons. The molecule has 12 heteroatoms. The number of alkyl halides is 3. The van der Waals surface area contributed by atoms with Crippen LogP contribution >= 0.6 is 0 Å². The van der Waals surface area contributed by atoms with E-state index in [0.29, 0.717) is 11.3 Å². The van der Waals surface area contributed by atoms with Crippen LogP contribution in [0.2, 0.25) is 0 Å². The van der Waals surface area contributed by atoms with Crippen LogP contribution in [0.25, 0.3) is 5.69 Å². The van der Waals surface area contributed by atoms with Gasteiger partial charge >= 0.3 is 6.18 Å². The number of para-hydroxylation sites is 1. The lowest BCUT2D eigenvalue weighted by Gasteiger charge is -2.22. The van der Waals surface area contributed by atoms with Crippen molar-refractivity contribution in [1.82, 2.24) is 14.7 Å². The number of carbonyl (C=O) groups excluding carboxylic acids is 1. The number of sulfone groups is 1. The van der Waals surface area contributed by atoms with Crippen molar-refractivity contribution in [2.75, 3.05) is 5.75 Å². The van der Waals surface area contributed by atoms with E-state index >= 15 is 0 Å². The van der Waals surface area contributed by atoms with Crippen LogP contribution in [-0.4, -0.2) is 47.0 Å². The first-order valence-corrected chi connectivity index (χ1v) is 12.3. The first kappa shape index (κ1) is 24.7. The molecular formula is C23H21F4N3O4S. The van der Waals surface area contributed by atoms with E-state index in [9.17, 15) is 30.8 Å². The summed E-state index contributed by atoms with van der Waals surface area (Å²) in [6.07, 6.45) is -5.33. The van der Waals surface area contributed by atoms with E-state index in [1.807, 2.05) is 0 Å². The van der Waals surface area contributed by atoms with Crippen LogP contribution in [0.1, 0.15) is 35.5 Å². The summed E-state index contributed by atoms with van der Waals surface area (Å²) in [4.78, 5) is 14.4. The van der Waals surface area contributed by atoms with Crippen LogP contribution in [0, 0.1) is 5.82 Å². The maximum atomic E-state index is 14.1. The fraction of sp³-hybridized carbons (Fsp3) is 0.304. The minimum Gasteiger partial charge on any atom is -0.480 e. The summed E-state index contributed by atoms with van der Waals surface area (Å²) in [6, 6.07) is 9.25. The van der Waals surface area contributed by atoms with Gasteiger partial charge in [-0.05, 0) is 37.3 Å². The van der Waals surface area contributed by atoms with Gasteiger partial charge in [-0.2, -0.15) is 18.3 Å². The number of fused-ring (bicyclic) bond motifs is 1. The molecule has 2 aromatic carbocycles. The van der Waals surface area contributed by atoms with Gasteiger partial charge in [0.1, 0.15) is 17.3 Å². The summed E-state index contributed by atoms with van der Waals surface area (Å²) in [7, 11) is -3.73. The summed E-state index contributed by atoms with van der Waals surface area (Å²) < 4.78 is 84.4.